The molecule has 3 nitrogen and oxygen atoms in total. The van der Waals surface area contributed by atoms with Gasteiger partial charge in [-0.1, -0.05) is 6.08 Å². The molecule has 0 unspecified atom stereocenters. The molecule has 0 aromatic carbocycles. The summed E-state index contributed by atoms with van der Waals surface area (Å²) in [6.45, 7) is 4.52. The number of aliphatic hydroxyl groups excluding tert-OH is 1. The van der Waals surface area contributed by atoms with E-state index in [2.05, 4.69) is 6.58 Å². The molecule has 0 saturated heterocycles. The molecular weight excluding hydrogens is 132 g/mol. The van der Waals surface area contributed by atoms with Gasteiger partial charge in [0.2, 0.25) is 6.29 Å². The van der Waals surface area contributed by atoms with Crippen LogP contribution in [0.3, 0.4) is 0 Å². The summed E-state index contributed by atoms with van der Waals surface area (Å²) in [4.78, 5) is 0. The maximum absolute atomic E-state index is 8.31. The molecule has 0 aromatic rings. The lowest BCUT2D eigenvalue weighted by Gasteiger charge is -2.00. The molecule has 59 valence electrons. The molecule has 3 heteroatoms. The number of rotatable bonds is 6. The third-order valence-electron chi connectivity index (χ3n) is 0.925. The Morgan fingerprint density at radius 2 is 2.20 bits per heavy atom. The van der Waals surface area contributed by atoms with Crippen LogP contribution < -0.4 is 0 Å². The third kappa shape index (κ3) is 7.62. The van der Waals surface area contributed by atoms with E-state index in [1.807, 2.05) is 0 Å². The first-order valence-electron chi connectivity index (χ1n) is 3.19. The average molecular weight is 145 g/mol. The summed E-state index contributed by atoms with van der Waals surface area (Å²) in [7, 11) is 0. The van der Waals surface area contributed by atoms with Crippen LogP contribution >= 0.6 is 0 Å². The Bertz CT molecular complexity index is 80.9. The van der Waals surface area contributed by atoms with Gasteiger partial charge in [0, 0.05) is 13.0 Å². The van der Waals surface area contributed by atoms with Crippen molar-refractivity contribution in [2.45, 2.75) is 12.8 Å². The fourth-order valence-electron chi connectivity index (χ4n) is 0.499. The van der Waals surface area contributed by atoms with Crippen LogP contribution in [0.15, 0.2) is 12.7 Å². The van der Waals surface area contributed by atoms with Crippen LogP contribution in [0.5, 0.6) is 0 Å². The SMILES string of the molecule is C=CCOCCC[C](O)O. The molecule has 0 aliphatic rings. The first kappa shape index (κ1) is 9.62. The minimum atomic E-state index is -0.526. The zero-order valence-electron chi connectivity index (χ0n) is 5.92. The maximum Gasteiger partial charge on any atom is 0.218 e. The van der Waals surface area contributed by atoms with Crippen molar-refractivity contribution in [3.8, 4) is 0 Å². The molecular formula is C7H13O3. The van der Waals surface area contributed by atoms with Gasteiger partial charge < -0.3 is 14.9 Å². The van der Waals surface area contributed by atoms with Crippen LogP contribution in [0.1, 0.15) is 12.8 Å². The molecule has 2 N–H and O–H groups in total. The van der Waals surface area contributed by atoms with Gasteiger partial charge in [-0.3, -0.25) is 0 Å². The average Bonchev–Trinajstić information content (AvgIpc) is 1.87. The predicted molar refractivity (Wildman–Crippen MR) is 37.4 cm³/mol. The topological polar surface area (TPSA) is 49.7 Å². The molecule has 0 fully saturated rings. The van der Waals surface area contributed by atoms with Crippen molar-refractivity contribution in [1.82, 2.24) is 0 Å². The molecule has 0 spiro atoms. The van der Waals surface area contributed by atoms with Gasteiger partial charge in [0.25, 0.3) is 0 Å². The normalized spacial score (nSPS) is 10.3. The van der Waals surface area contributed by atoms with Crippen molar-refractivity contribution in [2.24, 2.45) is 0 Å². The lowest BCUT2D eigenvalue weighted by molar-refractivity contribution is 0.0609. The zero-order valence-corrected chi connectivity index (χ0v) is 5.92. The molecule has 0 rings (SSSR count). The van der Waals surface area contributed by atoms with Crippen molar-refractivity contribution in [3.05, 3.63) is 18.9 Å². The largest absolute Gasteiger partial charge is 0.377 e. The zero-order chi connectivity index (χ0) is 7.82. The van der Waals surface area contributed by atoms with Gasteiger partial charge in [-0.15, -0.1) is 6.58 Å². The Hall–Kier alpha value is -0.380. The number of hydrogen-bond acceptors (Lipinski definition) is 3. The molecule has 0 atom stereocenters. The second-order valence-electron chi connectivity index (χ2n) is 1.88. The summed E-state index contributed by atoms with van der Waals surface area (Å²) < 4.78 is 4.98. The maximum atomic E-state index is 8.31. The molecule has 0 aliphatic carbocycles. The van der Waals surface area contributed by atoms with Gasteiger partial charge in [0.05, 0.1) is 6.61 Å². The van der Waals surface area contributed by atoms with Crippen molar-refractivity contribution in [2.75, 3.05) is 13.2 Å². The van der Waals surface area contributed by atoms with Crippen molar-refractivity contribution in [1.29, 1.82) is 0 Å². The molecule has 0 aliphatic heterocycles. The minimum Gasteiger partial charge on any atom is -0.377 e. The highest BCUT2D eigenvalue weighted by Crippen LogP contribution is 1.99. The van der Waals surface area contributed by atoms with Crippen molar-refractivity contribution < 1.29 is 14.9 Å². The highest BCUT2D eigenvalue weighted by molar-refractivity contribution is 4.64. The summed E-state index contributed by atoms with van der Waals surface area (Å²) in [6, 6.07) is 0. The smallest absolute Gasteiger partial charge is 0.218 e. The van der Waals surface area contributed by atoms with E-state index in [1.165, 1.54) is 0 Å². The van der Waals surface area contributed by atoms with Crippen LogP contribution in [-0.2, 0) is 4.74 Å². The predicted octanol–water partition coefficient (Wildman–Crippen LogP) is 1.20. The second-order valence-corrected chi connectivity index (χ2v) is 1.88. The van der Waals surface area contributed by atoms with E-state index in [0.717, 1.165) is 0 Å². The Balaban J connectivity index is 2.83. The van der Waals surface area contributed by atoms with Crippen LogP contribution in [0, 0.1) is 6.29 Å². The molecule has 0 amide bonds. The Kier molecular flexibility index (Phi) is 6.48. The van der Waals surface area contributed by atoms with E-state index in [4.69, 9.17) is 14.9 Å². The van der Waals surface area contributed by atoms with Crippen LogP contribution in [0.2, 0.25) is 0 Å². The first-order valence-corrected chi connectivity index (χ1v) is 3.19. The molecule has 0 heterocycles. The fraction of sp³-hybridized carbons (Fsp3) is 0.571. The second kappa shape index (κ2) is 6.74. The van der Waals surface area contributed by atoms with E-state index < -0.39 is 6.29 Å². The lowest BCUT2D eigenvalue weighted by atomic mass is 10.3. The summed E-state index contributed by atoms with van der Waals surface area (Å²) in [5.74, 6) is 0. The lowest BCUT2D eigenvalue weighted by Crippen LogP contribution is -1.98. The number of ether oxygens (including phenoxy) is 1. The summed E-state index contributed by atoms with van der Waals surface area (Å²) in [6.07, 6.45) is 2.05. The van der Waals surface area contributed by atoms with Crippen LogP contribution in [-0.4, -0.2) is 23.4 Å². The summed E-state index contributed by atoms with van der Waals surface area (Å²) in [5.41, 5.74) is 0. The van der Waals surface area contributed by atoms with Gasteiger partial charge in [-0.05, 0) is 6.42 Å². The minimum absolute atomic E-state index is 0.289. The highest BCUT2D eigenvalue weighted by Gasteiger charge is 1.97. The Labute approximate surface area is 60.9 Å². The molecule has 10 heavy (non-hydrogen) atoms. The van der Waals surface area contributed by atoms with Gasteiger partial charge >= 0.3 is 0 Å². The van der Waals surface area contributed by atoms with Crippen molar-refractivity contribution in [3.63, 3.8) is 0 Å². The Morgan fingerprint density at radius 1 is 1.50 bits per heavy atom. The standard InChI is InChI=1S/C7H13O3/c1-2-5-10-6-3-4-7(8)9/h2,8-9H,1,3-6H2. The van der Waals surface area contributed by atoms with Crippen LogP contribution in [0.25, 0.3) is 0 Å². The fourth-order valence-corrected chi connectivity index (χ4v) is 0.499. The summed E-state index contributed by atoms with van der Waals surface area (Å²) >= 11 is 0. The van der Waals surface area contributed by atoms with E-state index in [1.54, 1.807) is 6.08 Å². The summed E-state index contributed by atoms with van der Waals surface area (Å²) in [5, 5.41) is 16.6. The van der Waals surface area contributed by atoms with Crippen molar-refractivity contribution >= 4 is 0 Å². The van der Waals surface area contributed by atoms with Crippen LogP contribution in [0.4, 0.5) is 0 Å². The highest BCUT2D eigenvalue weighted by atomic mass is 16.5. The van der Waals surface area contributed by atoms with Gasteiger partial charge in [-0.25, -0.2) is 0 Å². The van der Waals surface area contributed by atoms with Gasteiger partial charge in [0.15, 0.2) is 0 Å². The Morgan fingerprint density at radius 3 is 2.70 bits per heavy atom. The van der Waals surface area contributed by atoms with E-state index in [9.17, 15) is 0 Å². The van der Waals surface area contributed by atoms with E-state index in [-0.39, 0.29) is 6.42 Å². The third-order valence-corrected chi connectivity index (χ3v) is 0.925. The molecule has 0 bridgehead atoms. The van der Waals surface area contributed by atoms with E-state index >= 15 is 0 Å². The van der Waals surface area contributed by atoms with Gasteiger partial charge in [-0.2, -0.15) is 0 Å². The first-order chi connectivity index (χ1) is 4.77. The molecule has 0 aromatic heterocycles. The number of aliphatic hydroxyl groups is 2. The monoisotopic (exact) mass is 145 g/mol. The van der Waals surface area contributed by atoms with Gasteiger partial charge in [0.1, 0.15) is 0 Å². The number of hydrogen-bond donors (Lipinski definition) is 2. The molecule has 0 saturated carbocycles. The molecule has 1 radical (unpaired) electrons. The van der Waals surface area contributed by atoms with E-state index in [0.29, 0.717) is 19.6 Å². The quantitative estimate of drug-likeness (QED) is 0.436.